The number of carbonyl (C=O) groups is 1. The number of anilines is 1. The average Bonchev–Trinajstić information content (AvgIpc) is 3.04. The van der Waals surface area contributed by atoms with Crippen LogP contribution in [-0.2, 0) is 0 Å². The van der Waals surface area contributed by atoms with Crippen LogP contribution in [0.4, 0.5) is 5.82 Å². The number of H-pyrrole nitrogens is 1. The van der Waals surface area contributed by atoms with Crippen molar-refractivity contribution in [1.82, 2.24) is 9.97 Å². The van der Waals surface area contributed by atoms with E-state index in [1.165, 1.54) is 0 Å². The zero-order valence-corrected chi connectivity index (χ0v) is 13.5. The molecule has 2 aromatic heterocycles. The van der Waals surface area contributed by atoms with Gasteiger partial charge in [0.2, 0.25) is 5.96 Å². The van der Waals surface area contributed by atoms with Crippen LogP contribution in [0.25, 0.3) is 10.9 Å². The molecular formula is C17H17N7O. The van der Waals surface area contributed by atoms with Crippen LogP contribution in [0.5, 0.6) is 0 Å². The Kier molecular flexibility index (Phi) is 4.42. The molecule has 2 heterocycles. The van der Waals surface area contributed by atoms with Gasteiger partial charge in [0.25, 0.3) is 5.91 Å². The maximum atomic E-state index is 12.3. The van der Waals surface area contributed by atoms with Crippen LogP contribution in [0, 0.1) is 0 Å². The van der Waals surface area contributed by atoms with Gasteiger partial charge in [-0.25, -0.2) is 4.98 Å². The molecule has 25 heavy (non-hydrogen) atoms. The van der Waals surface area contributed by atoms with Crippen LogP contribution in [0.2, 0.25) is 0 Å². The van der Waals surface area contributed by atoms with Crippen molar-refractivity contribution in [3.05, 3.63) is 59.9 Å². The van der Waals surface area contributed by atoms with Crippen molar-refractivity contribution in [3.63, 3.8) is 0 Å². The van der Waals surface area contributed by atoms with Gasteiger partial charge in [0.05, 0.1) is 5.71 Å². The van der Waals surface area contributed by atoms with E-state index < -0.39 is 0 Å². The zero-order valence-electron chi connectivity index (χ0n) is 13.5. The Labute approximate surface area is 143 Å². The van der Waals surface area contributed by atoms with Gasteiger partial charge in [0.1, 0.15) is 11.5 Å². The van der Waals surface area contributed by atoms with E-state index in [-0.39, 0.29) is 11.9 Å². The van der Waals surface area contributed by atoms with E-state index in [9.17, 15) is 4.79 Å². The van der Waals surface area contributed by atoms with Crippen LogP contribution >= 0.6 is 0 Å². The summed E-state index contributed by atoms with van der Waals surface area (Å²) in [7, 11) is 0. The molecule has 0 atom stereocenters. The Balaban J connectivity index is 1.86. The highest BCUT2D eigenvalue weighted by Gasteiger charge is 2.11. The Bertz CT molecular complexity index is 969. The van der Waals surface area contributed by atoms with Crippen LogP contribution < -0.4 is 16.8 Å². The maximum Gasteiger partial charge on any atom is 0.273 e. The number of nitrogens with one attached hydrogen (secondary N) is 2. The highest BCUT2D eigenvalue weighted by Crippen LogP contribution is 2.19. The molecule has 0 fully saturated rings. The Hall–Kier alpha value is -3.68. The van der Waals surface area contributed by atoms with Crippen molar-refractivity contribution in [2.24, 2.45) is 21.7 Å². The van der Waals surface area contributed by atoms with Gasteiger partial charge in [-0.05, 0) is 42.8 Å². The minimum absolute atomic E-state index is 0.101. The first-order chi connectivity index (χ1) is 12.0. The molecule has 0 saturated carbocycles. The minimum Gasteiger partial charge on any atom is -0.369 e. The van der Waals surface area contributed by atoms with Crippen molar-refractivity contribution in [2.75, 3.05) is 5.32 Å². The smallest absolute Gasteiger partial charge is 0.273 e. The van der Waals surface area contributed by atoms with Gasteiger partial charge in [0.15, 0.2) is 0 Å². The summed E-state index contributed by atoms with van der Waals surface area (Å²) < 4.78 is 0. The topological polar surface area (TPSA) is 135 Å². The first-order valence-corrected chi connectivity index (χ1v) is 7.51. The molecule has 0 unspecified atom stereocenters. The molecule has 8 nitrogen and oxygen atoms in total. The molecule has 0 saturated heterocycles. The molecule has 1 amide bonds. The summed E-state index contributed by atoms with van der Waals surface area (Å²) in [6, 6.07) is 12.7. The summed E-state index contributed by atoms with van der Waals surface area (Å²) in [5.74, 6) is 0.130. The second kappa shape index (κ2) is 6.83. The van der Waals surface area contributed by atoms with Gasteiger partial charge in [-0.3, -0.25) is 4.79 Å². The molecule has 0 radical (unpaired) electrons. The first kappa shape index (κ1) is 16.2. The van der Waals surface area contributed by atoms with Crippen molar-refractivity contribution >= 4 is 34.3 Å². The molecule has 1 aromatic carbocycles. The fourth-order valence-electron chi connectivity index (χ4n) is 2.29. The van der Waals surface area contributed by atoms with E-state index in [1.807, 2.05) is 18.2 Å². The van der Waals surface area contributed by atoms with Gasteiger partial charge in [-0.15, -0.1) is 5.10 Å². The molecule has 0 aliphatic carbocycles. The molecule has 0 aliphatic heterocycles. The van der Waals surface area contributed by atoms with E-state index in [4.69, 9.17) is 11.5 Å². The van der Waals surface area contributed by atoms with Crippen molar-refractivity contribution < 1.29 is 4.79 Å². The fraction of sp³-hybridized carbons (Fsp3) is 0.0588. The SMILES string of the molecule is CC(=NN=C(N)N)c1ccc2[nH]c(C(=O)Nc3ccccn3)cc2c1. The second-order valence-electron chi connectivity index (χ2n) is 5.36. The average molecular weight is 335 g/mol. The number of carbonyl (C=O) groups excluding carboxylic acids is 1. The third-order valence-electron chi connectivity index (χ3n) is 3.51. The summed E-state index contributed by atoms with van der Waals surface area (Å²) in [5, 5.41) is 11.2. The van der Waals surface area contributed by atoms with E-state index in [0.29, 0.717) is 17.2 Å². The summed E-state index contributed by atoms with van der Waals surface area (Å²) in [6.45, 7) is 1.80. The Morgan fingerprint density at radius 1 is 1.16 bits per heavy atom. The number of hydrogen-bond donors (Lipinski definition) is 4. The van der Waals surface area contributed by atoms with Gasteiger partial charge in [-0.1, -0.05) is 12.1 Å². The fourth-order valence-corrected chi connectivity index (χ4v) is 2.29. The van der Waals surface area contributed by atoms with Gasteiger partial charge >= 0.3 is 0 Å². The van der Waals surface area contributed by atoms with Crippen molar-refractivity contribution in [1.29, 1.82) is 0 Å². The van der Waals surface area contributed by atoms with E-state index in [1.54, 1.807) is 37.4 Å². The lowest BCUT2D eigenvalue weighted by atomic mass is 10.1. The largest absolute Gasteiger partial charge is 0.369 e. The van der Waals surface area contributed by atoms with Crippen LogP contribution in [-0.4, -0.2) is 27.5 Å². The number of benzene rings is 1. The number of aromatic amines is 1. The lowest BCUT2D eigenvalue weighted by Crippen LogP contribution is -2.22. The number of aromatic nitrogens is 2. The number of fused-ring (bicyclic) bond motifs is 1. The molecule has 3 rings (SSSR count). The van der Waals surface area contributed by atoms with E-state index >= 15 is 0 Å². The van der Waals surface area contributed by atoms with Gasteiger partial charge in [0, 0.05) is 17.1 Å². The predicted octanol–water partition coefficient (Wildman–Crippen LogP) is 1.81. The molecule has 0 bridgehead atoms. The van der Waals surface area contributed by atoms with Gasteiger partial charge in [-0.2, -0.15) is 5.10 Å². The van der Waals surface area contributed by atoms with Crippen molar-refractivity contribution in [3.8, 4) is 0 Å². The molecule has 8 heteroatoms. The number of hydrogen-bond acceptors (Lipinski definition) is 4. The molecule has 0 aliphatic rings. The van der Waals surface area contributed by atoms with E-state index in [2.05, 4.69) is 25.5 Å². The standard InChI is InChI=1S/C17H17N7O/c1-10(23-24-17(18)19)11-5-6-13-12(8-11)9-14(21-13)16(25)22-15-4-2-3-7-20-15/h2-9,21H,1H3,(H4,18,19,24)(H,20,22,25). The number of pyridine rings is 1. The van der Waals surface area contributed by atoms with Crippen molar-refractivity contribution in [2.45, 2.75) is 6.92 Å². The van der Waals surface area contributed by atoms with E-state index in [0.717, 1.165) is 16.5 Å². The molecule has 126 valence electrons. The Morgan fingerprint density at radius 2 is 2.00 bits per heavy atom. The molecule has 6 N–H and O–H groups in total. The highest BCUT2D eigenvalue weighted by atomic mass is 16.1. The Morgan fingerprint density at radius 3 is 2.72 bits per heavy atom. The predicted molar refractivity (Wildman–Crippen MR) is 98.5 cm³/mol. The normalized spacial score (nSPS) is 11.3. The lowest BCUT2D eigenvalue weighted by molar-refractivity contribution is 0.102. The summed E-state index contributed by atoms with van der Waals surface area (Å²) in [4.78, 5) is 19.5. The number of rotatable bonds is 4. The van der Waals surface area contributed by atoms with Crippen LogP contribution in [0.3, 0.4) is 0 Å². The van der Waals surface area contributed by atoms with Crippen LogP contribution in [0.1, 0.15) is 23.0 Å². The zero-order chi connectivity index (χ0) is 17.8. The summed E-state index contributed by atoms with van der Waals surface area (Å²) in [5.41, 5.74) is 13.3. The highest BCUT2D eigenvalue weighted by molar-refractivity contribution is 6.07. The maximum absolute atomic E-state index is 12.3. The first-order valence-electron chi connectivity index (χ1n) is 7.51. The minimum atomic E-state index is -0.262. The summed E-state index contributed by atoms with van der Waals surface area (Å²) in [6.07, 6.45) is 1.62. The summed E-state index contributed by atoms with van der Waals surface area (Å²) >= 11 is 0. The lowest BCUT2D eigenvalue weighted by Gasteiger charge is -2.01. The van der Waals surface area contributed by atoms with Gasteiger partial charge < -0.3 is 21.8 Å². The van der Waals surface area contributed by atoms with Crippen LogP contribution in [0.15, 0.2) is 58.9 Å². The number of nitrogens with zero attached hydrogens (tertiary/aromatic N) is 3. The third-order valence-corrected chi connectivity index (χ3v) is 3.51. The second-order valence-corrected chi connectivity index (χ2v) is 5.36. The molecular weight excluding hydrogens is 318 g/mol. The molecule has 3 aromatic rings. The number of amides is 1. The third kappa shape index (κ3) is 3.81. The monoisotopic (exact) mass is 335 g/mol. The quantitative estimate of drug-likeness (QED) is 0.328. The molecule has 0 spiro atoms. The number of nitrogens with two attached hydrogens (primary N) is 2. The number of guanidine groups is 1.